The molecule has 2 aliphatic heterocycles. The van der Waals surface area contributed by atoms with Crippen LogP contribution < -0.4 is 16.1 Å². The standard InChI is InChI=1S/C26H38N6O4/c1-5-17(4)28-22(33)15-31-26(36)32-21-13-19(23(34)27-16(2)3)11-12-20(21)24(35)30(25(32)29-31)14-18-9-7-6-8-10-18/h6-10,16-17,19-21,25,29H,5,11-15H2,1-4H3,(H,27,34)(H,28,33). The molecule has 3 fully saturated rings. The molecule has 5 amide bonds. The summed E-state index contributed by atoms with van der Waals surface area (Å²) in [6, 6.07) is 8.92. The van der Waals surface area contributed by atoms with Gasteiger partial charge >= 0.3 is 6.03 Å². The number of hydrazine groups is 1. The van der Waals surface area contributed by atoms with Crippen molar-refractivity contribution in [2.45, 2.75) is 84.3 Å². The summed E-state index contributed by atoms with van der Waals surface area (Å²) in [6.07, 6.45) is 1.63. The van der Waals surface area contributed by atoms with Crippen LogP contribution in [0.15, 0.2) is 30.3 Å². The normalized spacial score (nSPS) is 26.5. The Labute approximate surface area is 212 Å². The first-order valence-electron chi connectivity index (χ1n) is 13.0. The highest BCUT2D eigenvalue weighted by Crippen LogP contribution is 2.40. The molecule has 196 valence electrons. The zero-order valence-corrected chi connectivity index (χ0v) is 21.6. The van der Waals surface area contributed by atoms with Crippen LogP contribution in [-0.2, 0) is 20.9 Å². The van der Waals surface area contributed by atoms with E-state index in [0.717, 1.165) is 12.0 Å². The van der Waals surface area contributed by atoms with Crippen LogP contribution in [0, 0.1) is 11.8 Å². The molecule has 5 unspecified atom stereocenters. The summed E-state index contributed by atoms with van der Waals surface area (Å²) in [7, 11) is 0. The molecular weight excluding hydrogens is 460 g/mol. The number of carbonyl (C=O) groups excluding carboxylic acids is 4. The van der Waals surface area contributed by atoms with Crippen molar-refractivity contribution in [3.63, 3.8) is 0 Å². The van der Waals surface area contributed by atoms with E-state index in [-0.39, 0.29) is 54.2 Å². The molecule has 0 aromatic heterocycles. The Kier molecular flexibility index (Phi) is 7.82. The predicted molar refractivity (Wildman–Crippen MR) is 134 cm³/mol. The van der Waals surface area contributed by atoms with Gasteiger partial charge in [0.25, 0.3) is 0 Å². The topological polar surface area (TPSA) is 114 Å². The van der Waals surface area contributed by atoms with Gasteiger partial charge in [0, 0.05) is 30.6 Å². The highest BCUT2D eigenvalue weighted by molar-refractivity contribution is 5.89. The quantitative estimate of drug-likeness (QED) is 0.506. The van der Waals surface area contributed by atoms with Crippen molar-refractivity contribution in [3.8, 4) is 0 Å². The summed E-state index contributed by atoms with van der Waals surface area (Å²) in [5, 5.41) is 7.16. The van der Waals surface area contributed by atoms with Crippen molar-refractivity contribution in [2.75, 3.05) is 6.54 Å². The van der Waals surface area contributed by atoms with Crippen LogP contribution in [0.3, 0.4) is 0 Å². The second-order valence-corrected chi connectivity index (χ2v) is 10.5. The molecule has 3 aliphatic rings. The fourth-order valence-electron chi connectivity index (χ4n) is 5.38. The number of nitrogens with zero attached hydrogens (tertiary/aromatic N) is 3. The molecule has 5 atom stereocenters. The number of urea groups is 1. The van der Waals surface area contributed by atoms with Gasteiger partial charge in [-0.05, 0) is 52.0 Å². The van der Waals surface area contributed by atoms with Gasteiger partial charge in [0.2, 0.25) is 17.7 Å². The maximum absolute atomic E-state index is 13.7. The van der Waals surface area contributed by atoms with E-state index < -0.39 is 12.3 Å². The minimum atomic E-state index is -0.713. The van der Waals surface area contributed by atoms with Crippen molar-refractivity contribution in [1.82, 2.24) is 30.9 Å². The monoisotopic (exact) mass is 498 g/mol. The van der Waals surface area contributed by atoms with Crippen LogP contribution in [0.4, 0.5) is 4.79 Å². The number of fused-ring (bicyclic) bond motifs is 3. The van der Waals surface area contributed by atoms with Gasteiger partial charge < -0.3 is 15.5 Å². The summed E-state index contributed by atoms with van der Waals surface area (Å²) in [6.45, 7) is 7.91. The van der Waals surface area contributed by atoms with Gasteiger partial charge in [0.05, 0.1) is 5.92 Å². The number of hydrogen-bond donors (Lipinski definition) is 3. The van der Waals surface area contributed by atoms with Gasteiger partial charge in [0.15, 0.2) is 6.29 Å². The zero-order valence-electron chi connectivity index (χ0n) is 21.6. The first-order chi connectivity index (χ1) is 17.2. The van der Waals surface area contributed by atoms with Gasteiger partial charge in [-0.3, -0.25) is 19.3 Å². The van der Waals surface area contributed by atoms with Crippen LogP contribution in [-0.4, -0.2) is 69.5 Å². The van der Waals surface area contributed by atoms with E-state index in [1.165, 1.54) is 5.01 Å². The smallest absolute Gasteiger partial charge is 0.337 e. The molecular formula is C26H38N6O4. The van der Waals surface area contributed by atoms with Gasteiger partial charge in [-0.15, -0.1) is 0 Å². The lowest BCUT2D eigenvalue weighted by Crippen LogP contribution is -2.66. The van der Waals surface area contributed by atoms with Gasteiger partial charge in [0.1, 0.15) is 6.54 Å². The maximum atomic E-state index is 13.7. The second kappa shape index (κ2) is 10.9. The van der Waals surface area contributed by atoms with E-state index >= 15 is 0 Å². The zero-order chi connectivity index (χ0) is 26.0. The Morgan fingerprint density at radius 3 is 2.47 bits per heavy atom. The third-order valence-electron chi connectivity index (χ3n) is 7.37. The first kappa shape index (κ1) is 25.9. The van der Waals surface area contributed by atoms with Crippen molar-refractivity contribution < 1.29 is 19.2 Å². The Bertz CT molecular complexity index is 986. The van der Waals surface area contributed by atoms with Gasteiger partial charge in [-0.25, -0.2) is 9.80 Å². The van der Waals surface area contributed by atoms with E-state index in [9.17, 15) is 19.2 Å². The van der Waals surface area contributed by atoms with E-state index in [2.05, 4.69) is 16.1 Å². The lowest BCUT2D eigenvalue weighted by molar-refractivity contribution is -0.159. The maximum Gasteiger partial charge on any atom is 0.337 e. The summed E-state index contributed by atoms with van der Waals surface area (Å²) >= 11 is 0. The van der Waals surface area contributed by atoms with Crippen molar-refractivity contribution in [1.29, 1.82) is 0 Å². The Morgan fingerprint density at radius 2 is 1.81 bits per heavy atom. The van der Waals surface area contributed by atoms with Crippen LogP contribution in [0.1, 0.15) is 58.9 Å². The van der Waals surface area contributed by atoms with Gasteiger partial charge in [-0.2, -0.15) is 5.43 Å². The summed E-state index contributed by atoms with van der Waals surface area (Å²) < 4.78 is 0. The highest BCUT2D eigenvalue weighted by atomic mass is 16.2. The van der Waals surface area contributed by atoms with Gasteiger partial charge in [-0.1, -0.05) is 37.3 Å². The number of hydrogen-bond acceptors (Lipinski definition) is 5. The number of benzene rings is 1. The molecule has 2 heterocycles. The lowest BCUT2D eigenvalue weighted by atomic mass is 9.75. The molecule has 0 radical (unpaired) electrons. The molecule has 36 heavy (non-hydrogen) atoms. The summed E-state index contributed by atoms with van der Waals surface area (Å²) in [5.74, 6) is -0.978. The molecule has 4 rings (SSSR count). The first-order valence-corrected chi connectivity index (χ1v) is 13.0. The second-order valence-electron chi connectivity index (χ2n) is 10.5. The molecule has 1 saturated carbocycles. The minimum Gasteiger partial charge on any atom is -0.354 e. The average Bonchev–Trinajstić information content (AvgIpc) is 3.17. The molecule has 1 aromatic rings. The molecule has 3 N–H and O–H groups in total. The van der Waals surface area contributed by atoms with Crippen molar-refractivity contribution >= 4 is 23.8 Å². The predicted octanol–water partition coefficient (Wildman–Crippen LogP) is 1.78. The fourth-order valence-corrected chi connectivity index (χ4v) is 5.38. The SMILES string of the molecule is CCC(C)NC(=O)CN1NC2N(Cc3ccccc3)C(=O)C3CCC(C(=O)NC(C)C)CC3N2C1=O. The van der Waals surface area contributed by atoms with Crippen molar-refractivity contribution in [3.05, 3.63) is 35.9 Å². The number of carbonyl (C=O) groups is 4. The Balaban J connectivity index is 1.59. The third-order valence-corrected chi connectivity index (χ3v) is 7.37. The molecule has 0 spiro atoms. The molecule has 0 bridgehead atoms. The van der Waals surface area contributed by atoms with E-state index in [1.807, 2.05) is 58.0 Å². The summed E-state index contributed by atoms with van der Waals surface area (Å²) in [5.41, 5.74) is 4.08. The number of amides is 5. The molecule has 2 saturated heterocycles. The Hall–Kier alpha value is -3.14. The van der Waals surface area contributed by atoms with Crippen LogP contribution in [0.5, 0.6) is 0 Å². The fraction of sp³-hybridized carbons (Fsp3) is 0.615. The lowest BCUT2D eigenvalue weighted by Gasteiger charge is -2.49. The van der Waals surface area contributed by atoms with Crippen molar-refractivity contribution in [2.24, 2.45) is 11.8 Å². The van der Waals surface area contributed by atoms with Crippen LogP contribution >= 0.6 is 0 Å². The van der Waals surface area contributed by atoms with E-state index in [0.29, 0.717) is 25.8 Å². The van der Waals surface area contributed by atoms with Crippen LogP contribution in [0.25, 0.3) is 0 Å². The Morgan fingerprint density at radius 1 is 1.08 bits per heavy atom. The molecule has 10 nitrogen and oxygen atoms in total. The molecule has 1 aromatic carbocycles. The number of rotatable bonds is 8. The third kappa shape index (κ3) is 5.33. The highest BCUT2D eigenvalue weighted by Gasteiger charge is 2.56. The largest absolute Gasteiger partial charge is 0.354 e. The molecule has 10 heteroatoms. The van der Waals surface area contributed by atoms with E-state index in [1.54, 1.807) is 9.80 Å². The average molecular weight is 499 g/mol. The minimum absolute atomic E-state index is 0.00287. The van der Waals surface area contributed by atoms with E-state index in [4.69, 9.17) is 0 Å². The molecule has 1 aliphatic carbocycles. The number of nitrogens with one attached hydrogen (secondary N) is 3. The van der Waals surface area contributed by atoms with Crippen LogP contribution in [0.2, 0.25) is 0 Å². The summed E-state index contributed by atoms with van der Waals surface area (Å²) in [4.78, 5) is 56.1.